The molecule has 0 N–H and O–H groups in total. The van der Waals surface area contributed by atoms with Crippen LogP contribution in [-0.2, 0) is 4.74 Å². The molecule has 1 unspecified atom stereocenters. The number of hydrogen-bond donors (Lipinski definition) is 0. The third-order valence-electron chi connectivity index (χ3n) is 2.96. The van der Waals surface area contributed by atoms with Crippen molar-refractivity contribution >= 4 is 5.97 Å². The number of aromatic nitrogens is 1. The lowest BCUT2D eigenvalue weighted by Crippen LogP contribution is -2.00. The van der Waals surface area contributed by atoms with Crippen LogP contribution in [0.3, 0.4) is 0 Å². The van der Waals surface area contributed by atoms with Crippen molar-refractivity contribution in [2.75, 3.05) is 7.11 Å². The molecule has 0 bridgehead atoms. The van der Waals surface area contributed by atoms with Gasteiger partial charge in [0, 0.05) is 11.8 Å². The first-order chi connectivity index (χ1) is 8.79. The van der Waals surface area contributed by atoms with Crippen molar-refractivity contribution in [1.82, 2.24) is 4.98 Å². The fourth-order valence-electron chi connectivity index (χ4n) is 2.05. The normalized spacial score (nSPS) is 17.2. The summed E-state index contributed by atoms with van der Waals surface area (Å²) in [6.45, 7) is 0. The number of ether oxygens (including phenoxy) is 2. The van der Waals surface area contributed by atoms with E-state index in [-0.39, 0.29) is 12.1 Å². The molecule has 2 heterocycles. The maximum atomic E-state index is 11.7. The topological polar surface area (TPSA) is 48.4 Å². The molecule has 0 fully saturated rings. The van der Waals surface area contributed by atoms with E-state index in [0.29, 0.717) is 5.69 Å². The highest BCUT2D eigenvalue weighted by atomic mass is 16.5. The number of carbonyl (C=O) groups is 1. The Balaban J connectivity index is 2.01. The molecule has 2 aromatic rings. The first-order valence-corrected chi connectivity index (χ1v) is 5.59. The molecule has 1 aliphatic rings. The number of rotatable bonds is 2. The van der Waals surface area contributed by atoms with Crippen LogP contribution in [-0.4, -0.2) is 18.1 Å². The van der Waals surface area contributed by atoms with Crippen molar-refractivity contribution in [3.8, 4) is 5.75 Å². The zero-order chi connectivity index (χ0) is 12.5. The second-order valence-electron chi connectivity index (χ2n) is 4.00. The van der Waals surface area contributed by atoms with Gasteiger partial charge in [0.25, 0.3) is 0 Å². The van der Waals surface area contributed by atoms with Gasteiger partial charge in [0.1, 0.15) is 5.75 Å². The second kappa shape index (κ2) is 4.14. The summed E-state index contributed by atoms with van der Waals surface area (Å²) in [5.41, 5.74) is 2.13. The van der Waals surface area contributed by atoms with E-state index in [4.69, 9.17) is 9.47 Å². The maximum absolute atomic E-state index is 11.7. The standard InChI is InChI=1S/C14H11NO3/c1-17-10-6-4-9(5-7-10)13-11-3-2-8-15-12(11)14(16)18-13/h2-8,13H,1H3. The van der Waals surface area contributed by atoms with E-state index in [0.717, 1.165) is 16.9 Å². The largest absolute Gasteiger partial charge is 0.497 e. The predicted octanol–water partition coefficient (Wildman–Crippen LogP) is 2.35. The van der Waals surface area contributed by atoms with Crippen LogP contribution in [0.4, 0.5) is 0 Å². The number of carbonyl (C=O) groups excluding carboxylic acids is 1. The fourth-order valence-corrected chi connectivity index (χ4v) is 2.05. The molecule has 1 aromatic heterocycles. The number of esters is 1. The van der Waals surface area contributed by atoms with Gasteiger partial charge in [-0.05, 0) is 23.8 Å². The SMILES string of the molecule is COc1ccc(C2OC(=O)c3ncccc32)cc1. The van der Waals surface area contributed by atoms with Gasteiger partial charge in [0.2, 0.25) is 0 Å². The van der Waals surface area contributed by atoms with Crippen molar-refractivity contribution in [1.29, 1.82) is 0 Å². The fraction of sp³-hybridized carbons (Fsp3) is 0.143. The van der Waals surface area contributed by atoms with E-state index < -0.39 is 0 Å². The highest BCUT2D eigenvalue weighted by Gasteiger charge is 2.33. The molecule has 4 heteroatoms. The molecular formula is C14H11NO3. The number of methoxy groups -OCH3 is 1. The number of benzene rings is 1. The van der Waals surface area contributed by atoms with Crippen molar-refractivity contribution in [2.24, 2.45) is 0 Å². The summed E-state index contributed by atoms with van der Waals surface area (Å²) in [4.78, 5) is 15.7. The van der Waals surface area contributed by atoms with Crippen molar-refractivity contribution < 1.29 is 14.3 Å². The lowest BCUT2D eigenvalue weighted by molar-refractivity contribution is 0.0452. The van der Waals surface area contributed by atoms with Gasteiger partial charge < -0.3 is 9.47 Å². The first-order valence-electron chi connectivity index (χ1n) is 5.59. The van der Waals surface area contributed by atoms with Crippen LogP contribution in [0.1, 0.15) is 27.7 Å². The summed E-state index contributed by atoms with van der Waals surface area (Å²) in [5, 5.41) is 0. The Bertz CT molecular complexity index is 592. The monoisotopic (exact) mass is 241 g/mol. The molecule has 1 atom stereocenters. The number of hydrogen-bond acceptors (Lipinski definition) is 4. The van der Waals surface area contributed by atoms with Crippen LogP contribution in [0, 0.1) is 0 Å². The van der Waals surface area contributed by atoms with Crippen molar-refractivity contribution in [2.45, 2.75) is 6.10 Å². The molecule has 4 nitrogen and oxygen atoms in total. The van der Waals surface area contributed by atoms with Gasteiger partial charge in [-0.1, -0.05) is 18.2 Å². The van der Waals surface area contributed by atoms with Gasteiger partial charge in [-0.3, -0.25) is 0 Å². The van der Waals surface area contributed by atoms with E-state index in [2.05, 4.69) is 4.98 Å². The molecule has 0 aliphatic carbocycles. The quantitative estimate of drug-likeness (QED) is 0.757. The Labute approximate surface area is 104 Å². The summed E-state index contributed by atoms with van der Waals surface area (Å²) < 4.78 is 10.5. The average molecular weight is 241 g/mol. The van der Waals surface area contributed by atoms with Crippen LogP contribution in [0.5, 0.6) is 5.75 Å². The molecule has 90 valence electrons. The van der Waals surface area contributed by atoms with Gasteiger partial charge in [-0.2, -0.15) is 0 Å². The van der Waals surface area contributed by atoms with Crippen molar-refractivity contribution in [3.63, 3.8) is 0 Å². The Morgan fingerprint density at radius 2 is 2.00 bits per heavy atom. The third-order valence-corrected chi connectivity index (χ3v) is 2.96. The van der Waals surface area contributed by atoms with E-state index in [1.165, 1.54) is 0 Å². The van der Waals surface area contributed by atoms with Crippen LogP contribution < -0.4 is 4.74 Å². The Kier molecular flexibility index (Phi) is 2.48. The van der Waals surface area contributed by atoms with Crippen LogP contribution >= 0.6 is 0 Å². The minimum Gasteiger partial charge on any atom is -0.497 e. The first kappa shape index (κ1) is 10.8. The molecular weight excluding hydrogens is 230 g/mol. The molecule has 0 saturated carbocycles. The number of pyridine rings is 1. The Hall–Kier alpha value is -2.36. The van der Waals surface area contributed by atoms with E-state index >= 15 is 0 Å². The third kappa shape index (κ3) is 1.62. The van der Waals surface area contributed by atoms with Crippen LogP contribution in [0.15, 0.2) is 42.6 Å². The lowest BCUT2D eigenvalue weighted by Gasteiger charge is -2.11. The van der Waals surface area contributed by atoms with Crippen LogP contribution in [0.2, 0.25) is 0 Å². The van der Waals surface area contributed by atoms with Gasteiger partial charge in [0.15, 0.2) is 11.8 Å². The summed E-state index contributed by atoms with van der Waals surface area (Å²) in [6, 6.07) is 11.1. The average Bonchev–Trinajstić information content (AvgIpc) is 2.77. The molecule has 0 amide bonds. The van der Waals surface area contributed by atoms with E-state index in [1.54, 1.807) is 19.4 Å². The number of nitrogens with zero attached hydrogens (tertiary/aromatic N) is 1. The summed E-state index contributed by atoms with van der Waals surface area (Å²) in [5.74, 6) is 0.404. The number of fused-ring (bicyclic) bond motifs is 1. The second-order valence-corrected chi connectivity index (χ2v) is 4.00. The van der Waals surface area contributed by atoms with Gasteiger partial charge >= 0.3 is 5.97 Å². The van der Waals surface area contributed by atoms with Crippen LogP contribution in [0.25, 0.3) is 0 Å². The molecule has 0 saturated heterocycles. The van der Waals surface area contributed by atoms with Gasteiger partial charge in [-0.25, -0.2) is 9.78 Å². The Morgan fingerprint density at radius 3 is 2.72 bits per heavy atom. The minimum atomic E-state index is -0.369. The highest BCUT2D eigenvalue weighted by molar-refractivity contribution is 5.92. The number of cyclic esters (lactones) is 1. The van der Waals surface area contributed by atoms with E-state index in [9.17, 15) is 4.79 Å². The lowest BCUT2D eigenvalue weighted by atomic mass is 10.0. The molecule has 3 rings (SSSR count). The highest BCUT2D eigenvalue weighted by Crippen LogP contribution is 2.34. The molecule has 18 heavy (non-hydrogen) atoms. The van der Waals surface area contributed by atoms with Gasteiger partial charge in [0.05, 0.1) is 7.11 Å². The molecule has 0 radical (unpaired) electrons. The zero-order valence-electron chi connectivity index (χ0n) is 9.79. The summed E-state index contributed by atoms with van der Waals surface area (Å²) in [6.07, 6.45) is 1.23. The maximum Gasteiger partial charge on any atom is 0.358 e. The van der Waals surface area contributed by atoms with Crippen molar-refractivity contribution in [3.05, 3.63) is 59.4 Å². The van der Waals surface area contributed by atoms with E-state index in [1.807, 2.05) is 30.3 Å². The molecule has 1 aliphatic heterocycles. The molecule has 0 spiro atoms. The molecule has 1 aromatic carbocycles. The Morgan fingerprint density at radius 1 is 1.22 bits per heavy atom. The van der Waals surface area contributed by atoms with Gasteiger partial charge in [-0.15, -0.1) is 0 Å². The predicted molar refractivity (Wildman–Crippen MR) is 64.5 cm³/mol. The zero-order valence-corrected chi connectivity index (χ0v) is 9.79. The summed E-state index contributed by atoms with van der Waals surface area (Å²) >= 11 is 0. The smallest absolute Gasteiger partial charge is 0.358 e. The summed E-state index contributed by atoms with van der Waals surface area (Å²) in [7, 11) is 1.61. The minimum absolute atomic E-state index is 0.368.